The highest BCUT2D eigenvalue weighted by atomic mass is 19.1. The van der Waals surface area contributed by atoms with E-state index in [1.54, 1.807) is 25.1 Å². The molecule has 2 N–H and O–H groups in total. The molecule has 1 amide bonds. The number of hydrogen-bond acceptors (Lipinski definition) is 6. The number of likely N-dealkylation sites (tertiary alicyclic amines) is 1. The van der Waals surface area contributed by atoms with Gasteiger partial charge in [0.15, 0.2) is 5.82 Å². The van der Waals surface area contributed by atoms with Gasteiger partial charge in [0.05, 0.1) is 16.6 Å². The maximum Gasteiger partial charge on any atom is 0.328 e. The summed E-state index contributed by atoms with van der Waals surface area (Å²) in [5.74, 6) is -1.71. The summed E-state index contributed by atoms with van der Waals surface area (Å²) in [5.41, 5.74) is -0.399. The Balaban J connectivity index is 1.25. The predicted octanol–water partition coefficient (Wildman–Crippen LogP) is 1.06. The van der Waals surface area contributed by atoms with Gasteiger partial charge in [0, 0.05) is 57.3 Å². The van der Waals surface area contributed by atoms with E-state index in [0.29, 0.717) is 30.9 Å². The highest BCUT2D eigenvalue weighted by Gasteiger charge is 2.52. The number of carbonyl (C=O) groups is 1. The van der Waals surface area contributed by atoms with Crippen LogP contribution in [0.15, 0.2) is 33.9 Å². The molecule has 2 fully saturated rings. The van der Waals surface area contributed by atoms with Gasteiger partial charge in [-0.2, -0.15) is 4.39 Å². The number of anilines is 1. The molecule has 9 nitrogen and oxygen atoms in total. The Hall–Kier alpha value is -3.60. The molecular formula is C23H24F2N6O3. The minimum Gasteiger partial charge on any atom is -0.366 e. The fourth-order valence-electron chi connectivity index (χ4n) is 5.05. The molecule has 0 aliphatic carbocycles. The number of aromatic nitrogens is 3. The summed E-state index contributed by atoms with van der Waals surface area (Å²) in [7, 11) is 1.46. The van der Waals surface area contributed by atoms with Crippen LogP contribution >= 0.6 is 0 Å². The Morgan fingerprint density at radius 1 is 1.15 bits per heavy atom. The number of rotatable bonds is 5. The molecular weight excluding hydrogens is 446 g/mol. The van der Waals surface area contributed by atoms with Crippen molar-refractivity contribution in [3.8, 4) is 0 Å². The van der Waals surface area contributed by atoms with E-state index in [0.717, 1.165) is 17.7 Å². The lowest BCUT2D eigenvalue weighted by atomic mass is 9.72. The minimum absolute atomic E-state index is 0.00238. The second-order valence-corrected chi connectivity index (χ2v) is 9.03. The van der Waals surface area contributed by atoms with Crippen molar-refractivity contribution >= 4 is 22.5 Å². The number of carbonyl (C=O) groups excluding carboxylic acids is 1. The first kappa shape index (κ1) is 22.2. The van der Waals surface area contributed by atoms with Gasteiger partial charge in [-0.25, -0.2) is 14.2 Å². The summed E-state index contributed by atoms with van der Waals surface area (Å²) in [6.07, 6.45) is 0. The molecule has 0 radical (unpaired) electrons. The number of aromatic amines is 1. The summed E-state index contributed by atoms with van der Waals surface area (Å²) in [5, 5.41) is 2.57. The molecule has 5 rings (SSSR count). The zero-order chi connectivity index (χ0) is 24.2. The van der Waals surface area contributed by atoms with Crippen molar-refractivity contribution in [1.29, 1.82) is 0 Å². The Morgan fingerprint density at radius 3 is 2.53 bits per heavy atom. The van der Waals surface area contributed by atoms with Crippen LogP contribution in [0.5, 0.6) is 0 Å². The SMILES string of the molecule is CCn1c(=O)[nH]c2c(F)c(CN3CC4(C3)CN(c3ccc(C(=O)NC)nc3F)C4)ccc2c1=O. The van der Waals surface area contributed by atoms with E-state index in [4.69, 9.17) is 0 Å². The van der Waals surface area contributed by atoms with Crippen molar-refractivity contribution in [3.05, 3.63) is 68.1 Å². The number of benzene rings is 1. The van der Waals surface area contributed by atoms with E-state index in [9.17, 15) is 18.8 Å². The fourth-order valence-corrected chi connectivity index (χ4v) is 5.05. The lowest BCUT2D eigenvalue weighted by Crippen LogP contribution is -2.72. The molecule has 2 saturated heterocycles. The van der Waals surface area contributed by atoms with E-state index in [2.05, 4.69) is 20.2 Å². The molecule has 178 valence electrons. The Bertz CT molecular complexity index is 1420. The van der Waals surface area contributed by atoms with Crippen molar-refractivity contribution in [2.45, 2.75) is 20.0 Å². The molecule has 2 aliphatic rings. The quantitative estimate of drug-likeness (QED) is 0.541. The Labute approximate surface area is 193 Å². The molecule has 2 aromatic heterocycles. The molecule has 1 spiro atoms. The molecule has 2 aliphatic heterocycles. The summed E-state index contributed by atoms with van der Waals surface area (Å²) in [6.45, 7) is 4.97. The number of fused-ring (bicyclic) bond motifs is 1. The normalized spacial score (nSPS) is 17.0. The highest BCUT2D eigenvalue weighted by molar-refractivity contribution is 5.92. The number of halogens is 2. The summed E-state index contributed by atoms with van der Waals surface area (Å²) >= 11 is 0. The topological polar surface area (TPSA) is 103 Å². The first-order valence-corrected chi connectivity index (χ1v) is 11.1. The third kappa shape index (κ3) is 3.47. The molecule has 3 aromatic rings. The van der Waals surface area contributed by atoms with Crippen molar-refractivity contribution in [2.24, 2.45) is 5.41 Å². The van der Waals surface area contributed by atoms with E-state index >= 15 is 4.39 Å². The van der Waals surface area contributed by atoms with Crippen LogP contribution in [0.2, 0.25) is 0 Å². The van der Waals surface area contributed by atoms with Crippen LogP contribution < -0.4 is 21.5 Å². The monoisotopic (exact) mass is 470 g/mol. The van der Waals surface area contributed by atoms with Gasteiger partial charge in [-0.05, 0) is 25.1 Å². The smallest absolute Gasteiger partial charge is 0.328 e. The van der Waals surface area contributed by atoms with Gasteiger partial charge in [-0.15, -0.1) is 0 Å². The first-order chi connectivity index (χ1) is 16.2. The zero-order valence-electron chi connectivity index (χ0n) is 18.8. The van der Waals surface area contributed by atoms with Crippen molar-refractivity contribution in [2.75, 3.05) is 38.1 Å². The van der Waals surface area contributed by atoms with Crippen LogP contribution in [0.4, 0.5) is 14.5 Å². The number of H-pyrrole nitrogens is 1. The molecule has 0 bridgehead atoms. The standard InChI is InChI=1S/C23H24F2N6O3/c1-3-31-21(33)14-5-4-13(17(24)18(14)28-22(31)34)8-29-9-23(10-29)11-30(12-23)16-7-6-15(20(32)26-2)27-19(16)25/h4-7H,3,8-12H2,1-2H3,(H,26,32)(H,28,34). The van der Waals surface area contributed by atoms with Gasteiger partial charge in [0.2, 0.25) is 5.95 Å². The molecule has 34 heavy (non-hydrogen) atoms. The second-order valence-electron chi connectivity index (χ2n) is 9.03. The van der Waals surface area contributed by atoms with Crippen LogP contribution in [0.1, 0.15) is 23.0 Å². The van der Waals surface area contributed by atoms with Gasteiger partial charge in [-0.3, -0.25) is 19.1 Å². The van der Waals surface area contributed by atoms with E-state index in [-0.39, 0.29) is 28.6 Å². The molecule has 4 heterocycles. The zero-order valence-corrected chi connectivity index (χ0v) is 18.8. The summed E-state index contributed by atoms with van der Waals surface area (Å²) < 4.78 is 30.5. The lowest BCUT2D eigenvalue weighted by Gasteiger charge is -2.61. The molecule has 0 unspecified atom stereocenters. The van der Waals surface area contributed by atoms with Gasteiger partial charge in [-0.1, -0.05) is 6.07 Å². The van der Waals surface area contributed by atoms with Gasteiger partial charge >= 0.3 is 5.69 Å². The van der Waals surface area contributed by atoms with Gasteiger partial charge < -0.3 is 15.2 Å². The van der Waals surface area contributed by atoms with Crippen LogP contribution in [0.3, 0.4) is 0 Å². The van der Waals surface area contributed by atoms with Crippen molar-refractivity contribution in [3.63, 3.8) is 0 Å². The molecule has 0 atom stereocenters. The molecule has 1 aromatic carbocycles. The lowest BCUT2D eigenvalue weighted by molar-refractivity contribution is -0.0281. The average Bonchev–Trinajstić information content (AvgIpc) is 2.76. The van der Waals surface area contributed by atoms with E-state index in [1.165, 1.54) is 13.1 Å². The average molecular weight is 470 g/mol. The van der Waals surface area contributed by atoms with Gasteiger partial charge in [0.1, 0.15) is 5.69 Å². The Kier molecular flexibility index (Phi) is 5.23. The largest absolute Gasteiger partial charge is 0.366 e. The van der Waals surface area contributed by atoms with Crippen molar-refractivity contribution in [1.82, 2.24) is 24.8 Å². The highest BCUT2D eigenvalue weighted by Crippen LogP contribution is 2.43. The number of nitrogens with one attached hydrogen (secondary N) is 2. The maximum atomic E-state index is 15.1. The first-order valence-electron chi connectivity index (χ1n) is 11.1. The molecule has 0 saturated carbocycles. The van der Waals surface area contributed by atoms with E-state index in [1.807, 2.05) is 4.90 Å². The summed E-state index contributed by atoms with van der Waals surface area (Å²) in [4.78, 5) is 46.3. The predicted molar refractivity (Wildman–Crippen MR) is 122 cm³/mol. The van der Waals surface area contributed by atoms with Crippen LogP contribution in [-0.4, -0.2) is 58.6 Å². The van der Waals surface area contributed by atoms with E-state index < -0.39 is 28.9 Å². The van der Waals surface area contributed by atoms with Crippen LogP contribution in [0.25, 0.3) is 10.9 Å². The minimum atomic E-state index is -0.679. The Morgan fingerprint density at radius 2 is 1.88 bits per heavy atom. The number of nitrogens with zero attached hydrogens (tertiary/aromatic N) is 4. The van der Waals surface area contributed by atoms with Crippen molar-refractivity contribution < 1.29 is 13.6 Å². The molecule has 11 heteroatoms. The van der Waals surface area contributed by atoms with Gasteiger partial charge in [0.25, 0.3) is 11.5 Å². The fraction of sp³-hybridized carbons (Fsp3) is 0.391. The maximum absolute atomic E-state index is 15.1. The second kappa shape index (κ2) is 8.01. The third-order valence-corrected chi connectivity index (χ3v) is 6.68. The van der Waals surface area contributed by atoms with Crippen LogP contribution in [-0.2, 0) is 13.1 Å². The van der Waals surface area contributed by atoms with Crippen LogP contribution in [0, 0.1) is 17.2 Å². The summed E-state index contributed by atoms with van der Waals surface area (Å²) in [6, 6.07) is 6.20. The number of pyridine rings is 1. The number of amides is 1. The number of hydrogen-bond donors (Lipinski definition) is 2. The third-order valence-electron chi connectivity index (χ3n) is 6.68.